The first-order valence-electron chi connectivity index (χ1n) is 22.1. The van der Waals surface area contributed by atoms with Crippen molar-refractivity contribution in [3.8, 4) is 11.5 Å². The molecule has 0 amide bonds. The molecule has 2 saturated heterocycles. The molecule has 2 aliphatic heterocycles. The standard InChI is InChI=1S/C54H52N6O4/c1-62-44-29-25-40(26-30-44)53(38-17-7-3-8-18-38,39-19-9-4-10-20-39)49(61)47-35-46(59-33-15-16-34-59)52(64-47)60-37-57-48-50(55-36-56-51(48)60)58-54(41-21-11-5-12-22-41,42-23-13-6-14-24-42)43-27-31-45(63-2)32-28-43/h3-14,17-32,36-37,46-47,49,52,61H,15-16,33-35H2,1-2H3,(H,55,56,58)/t46?,47-,49?,52+/m0/s1. The van der Waals surface area contributed by atoms with Gasteiger partial charge in [-0.15, -0.1) is 0 Å². The molecule has 2 fully saturated rings. The van der Waals surface area contributed by atoms with Gasteiger partial charge in [-0.1, -0.05) is 146 Å². The van der Waals surface area contributed by atoms with Crippen LogP contribution in [0.4, 0.5) is 5.82 Å². The molecule has 6 aromatic carbocycles. The summed E-state index contributed by atoms with van der Waals surface area (Å²) in [6.07, 6.45) is 4.17. The minimum Gasteiger partial charge on any atom is -0.497 e. The van der Waals surface area contributed by atoms with Crippen molar-refractivity contribution in [3.05, 3.63) is 216 Å². The molecule has 2 aromatic heterocycles. The highest BCUT2D eigenvalue weighted by atomic mass is 16.5. The van der Waals surface area contributed by atoms with E-state index in [9.17, 15) is 5.11 Å². The van der Waals surface area contributed by atoms with Crippen LogP contribution < -0.4 is 14.8 Å². The van der Waals surface area contributed by atoms with Crippen molar-refractivity contribution >= 4 is 17.0 Å². The van der Waals surface area contributed by atoms with Crippen LogP contribution in [0.3, 0.4) is 0 Å². The molecule has 4 atom stereocenters. The van der Waals surface area contributed by atoms with Crippen LogP contribution in [0.5, 0.6) is 11.5 Å². The Morgan fingerprint density at radius 2 is 1.08 bits per heavy atom. The van der Waals surface area contributed by atoms with Crippen molar-refractivity contribution in [2.24, 2.45) is 0 Å². The molecule has 10 nitrogen and oxygen atoms in total. The Morgan fingerprint density at radius 1 is 0.609 bits per heavy atom. The van der Waals surface area contributed by atoms with E-state index in [0.29, 0.717) is 23.4 Å². The molecule has 4 heterocycles. The fourth-order valence-electron chi connectivity index (χ4n) is 10.3. The largest absolute Gasteiger partial charge is 0.497 e. The van der Waals surface area contributed by atoms with Gasteiger partial charge in [-0.3, -0.25) is 9.47 Å². The highest BCUT2D eigenvalue weighted by Gasteiger charge is 2.52. The van der Waals surface area contributed by atoms with E-state index in [-0.39, 0.29) is 6.04 Å². The number of fused-ring (bicyclic) bond motifs is 1. The number of hydrogen-bond acceptors (Lipinski definition) is 9. The molecule has 8 aromatic rings. The van der Waals surface area contributed by atoms with Gasteiger partial charge in [0.25, 0.3) is 0 Å². The van der Waals surface area contributed by atoms with E-state index in [1.165, 1.54) is 0 Å². The van der Waals surface area contributed by atoms with Gasteiger partial charge >= 0.3 is 0 Å². The summed E-state index contributed by atoms with van der Waals surface area (Å²) in [7, 11) is 3.35. The highest BCUT2D eigenvalue weighted by Crippen LogP contribution is 2.49. The van der Waals surface area contributed by atoms with Gasteiger partial charge in [0.1, 0.15) is 23.4 Å². The Kier molecular flexibility index (Phi) is 11.4. The van der Waals surface area contributed by atoms with Crippen LogP contribution in [0.15, 0.2) is 183 Å². The van der Waals surface area contributed by atoms with E-state index in [1.807, 2.05) is 79.1 Å². The summed E-state index contributed by atoms with van der Waals surface area (Å²) in [5.41, 5.74) is 5.32. The lowest BCUT2D eigenvalue weighted by Gasteiger charge is -2.42. The molecular weight excluding hydrogens is 797 g/mol. The number of methoxy groups -OCH3 is 2. The fourth-order valence-corrected chi connectivity index (χ4v) is 10.3. The minimum atomic E-state index is -0.996. The van der Waals surface area contributed by atoms with E-state index in [0.717, 1.165) is 70.8 Å². The van der Waals surface area contributed by atoms with Crippen LogP contribution in [-0.2, 0) is 15.7 Å². The smallest absolute Gasteiger partial charge is 0.167 e. The number of aliphatic hydroxyl groups is 1. The first-order valence-corrected chi connectivity index (χ1v) is 22.1. The van der Waals surface area contributed by atoms with Crippen LogP contribution in [-0.4, -0.2) is 75.1 Å². The molecule has 0 saturated carbocycles. The quantitative estimate of drug-likeness (QED) is 0.104. The fraction of sp³-hybridized carbons (Fsp3) is 0.241. The number of rotatable bonds is 14. The zero-order valence-electron chi connectivity index (χ0n) is 36.1. The van der Waals surface area contributed by atoms with Crippen LogP contribution in [0.25, 0.3) is 11.2 Å². The van der Waals surface area contributed by atoms with Crippen molar-refractivity contribution in [2.75, 3.05) is 32.6 Å². The van der Waals surface area contributed by atoms with Gasteiger partial charge in [-0.2, -0.15) is 0 Å². The molecular formula is C54H52N6O4. The number of ether oxygens (including phenoxy) is 3. The van der Waals surface area contributed by atoms with Gasteiger partial charge in [0, 0.05) is 0 Å². The lowest BCUT2D eigenvalue weighted by Crippen LogP contribution is -2.48. The van der Waals surface area contributed by atoms with Crippen molar-refractivity contribution in [3.63, 3.8) is 0 Å². The summed E-state index contributed by atoms with van der Waals surface area (Å²) in [5.74, 6) is 2.09. The first-order chi connectivity index (χ1) is 31.5. The SMILES string of the molecule is COc1ccc(C(Nc2ncnc3c2ncn3[C@@H]2O[C@H](C(O)C(c3ccccc3)(c3ccccc3)c3ccc(OC)cc3)CC2N2CCCC2)(c2ccccc2)c2ccccc2)cc1. The molecule has 10 rings (SSSR count). The number of likely N-dealkylation sites (tertiary alicyclic amines) is 1. The van der Waals surface area contributed by atoms with Gasteiger partial charge in [0.05, 0.1) is 44.2 Å². The molecule has 2 aliphatic rings. The predicted octanol–water partition coefficient (Wildman–Crippen LogP) is 9.39. The van der Waals surface area contributed by atoms with Gasteiger partial charge < -0.3 is 24.6 Å². The second-order valence-electron chi connectivity index (χ2n) is 16.7. The lowest BCUT2D eigenvalue weighted by molar-refractivity contribution is -0.0804. The van der Waals surface area contributed by atoms with Crippen LogP contribution in [0, 0.1) is 0 Å². The summed E-state index contributed by atoms with van der Waals surface area (Å²) < 4.78 is 20.6. The molecule has 0 spiro atoms. The van der Waals surface area contributed by atoms with Crippen LogP contribution in [0.1, 0.15) is 58.9 Å². The van der Waals surface area contributed by atoms with E-state index in [2.05, 4.69) is 112 Å². The molecule has 2 unspecified atom stereocenters. The number of benzene rings is 6. The summed E-state index contributed by atoms with van der Waals surface area (Å²) >= 11 is 0. The molecule has 0 aliphatic carbocycles. The van der Waals surface area contributed by atoms with Crippen molar-refractivity contribution in [2.45, 2.75) is 54.7 Å². The van der Waals surface area contributed by atoms with Gasteiger partial charge in [-0.25, -0.2) is 15.0 Å². The summed E-state index contributed by atoms with van der Waals surface area (Å²) in [6, 6.07) is 57.6. The second-order valence-corrected chi connectivity index (χ2v) is 16.7. The van der Waals surface area contributed by atoms with E-state index in [4.69, 9.17) is 29.2 Å². The molecule has 322 valence electrons. The Bertz CT molecular complexity index is 2690. The van der Waals surface area contributed by atoms with E-state index >= 15 is 0 Å². The number of anilines is 1. The maximum Gasteiger partial charge on any atom is 0.167 e. The minimum absolute atomic E-state index is 0.0573. The highest BCUT2D eigenvalue weighted by molar-refractivity contribution is 5.84. The first kappa shape index (κ1) is 41.2. The Balaban J connectivity index is 1.09. The van der Waals surface area contributed by atoms with Gasteiger partial charge in [0.2, 0.25) is 0 Å². The number of aliphatic hydroxyl groups excluding tert-OH is 1. The summed E-state index contributed by atoms with van der Waals surface area (Å²) in [4.78, 5) is 17.4. The molecule has 2 N–H and O–H groups in total. The van der Waals surface area contributed by atoms with Crippen LogP contribution in [0.2, 0.25) is 0 Å². The normalized spacial score (nSPS) is 18.5. The third kappa shape index (κ3) is 7.17. The van der Waals surface area contributed by atoms with Crippen molar-refractivity contribution in [1.82, 2.24) is 24.4 Å². The van der Waals surface area contributed by atoms with E-state index in [1.54, 1.807) is 20.5 Å². The van der Waals surface area contributed by atoms with Gasteiger partial charge in [0.15, 0.2) is 23.2 Å². The average Bonchev–Trinajstić information content (AvgIpc) is 4.16. The molecule has 10 heteroatoms. The zero-order valence-corrected chi connectivity index (χ0v) is 36.1. The van der Waals surface area contributed by atoms with Crippen molar-refractivity contribution in [1.29, 1.82) is 0 Å². The van der Waals surface area contributed by atoms with Crippen molar-refractivity contribution < 1.29 is 19.3 Å². The second kappa shape index (κ2) is 17.7. The number of nitrogens with zero attached hydrogens (tertiary/aromatic N) is 5. The van der Waals surface area contributed by atoms with Gasteiger partial charge in [-0.05, 0) is 90.0 Å². The Labute approximate surface area is 374 Å². The van der Waals surface area contributed by atoms with E-state index < -0.39 is 29.4 Å². The predicted molar refractivity (Wildman–Crippen MR) is 250 cm³/mol. The molecule has 0 radical (unpaired) electrons. The monoisotopic (exact) mass is 848 g/mol. The lowest BCUT2D eigenvalue weighted by atomic mass is 9.64. The Hall–Kier alpha value is -6.85. The third-order valence-electron chi connectivity index (χ3n) is 13.4. The molecule has 0 bridgehead atoms. The van der Waals surface area contributed by atoms with Crippen LogP contribution >= 0.6 is 0 Å². The topological polar surface area (TPSA) is 107 Å². The number of hydrogen-bond donors (Lipinski definition) is 2. The Morgan fingerprint density at radius 3 is 1.59 bits per heavy atom. The average molecular weight is 849 g/mol. The third-order valence-corrected chi connectivity index (χ3v) is 13.4. The maximum absolute atomic E-state index is 13.3. The summed E-state index contributed by atoms with van der Waals surface area (Å²) in [6.45, 7) is 1.89. The maximum atomic E-state index is 13.3. The number of nitrogens with one attached hydrogen (secondary N) is 1. The zero-order chi connectivity index (χ0) is 43.5. The summed E-state index contributed by atoms with van der Waals surface area (Å²) in [5, 5.41) is 17.3. The number of aromatic nitrogens is 4. The molecule has 64 heavy (non-hydrogen) atoms. The number of imidazole rings is 1.